The fourth-order valence-corrected chi connectivity index (χ4v) is 3.83. The van der Waals surface area contributed by atoms with Gasteiger partial charge in [-0.15, -0.1) is 0 Å². The van der Waals surface area contributed by atoms with E-state index in [-0.39, 0.29) is 17.5 Å². The molecule has 1 atom stereocenters. The molecule has 0 bridgehead atoms. The van der Waals surface area contributed by atoms with Crippen molar-refractivity contribution in [3.63, 3.8) is 0 Å². The number of sulfonamides is 1. The zero-order valence-corrected chi connectivity index (χ0v) is 13.4. The number of hydrogen-bond acceptors (Lipinski definition) is 4. The van der Waals surface area contributed by atoms with E-state index in [1.165, 1.54) is 0 Å². The molecule has 2 N–H and O–H groups in total. The third-order valence-electron chi connectivity index (χ3n) is 4.09. The summed E-state index contributed by atoms with van der Waals surface area (Å²) in [6.45, 7) is 4.96. The second kappa shape index (κ2) is 6.77. The van der Waals surface area contributed by atoms with Gasteiger partial charge >= 0.3 is 0 Å². The minimum atomic E-state index is -3.05. The Hall–Kier alpha value is -1.11. The Morgan fingerprint density at radius 1 is 1.29 bits per heavy atom. The van der Waals surface area contributed by atoms with Crippen LogP contribution in [0.5, 0.6) is 5.75 Å². The summed E-state index contributed by atoms with van der Waals surface area (Å²) in [5.41, 5.74) is 1.12. The summed E-state index contributed by atoms with van der Waals surface area (Å²) in [5.74, 6) is 0.443. The molecule has 0 radical (unpaired) electrons. The molecule has 21 heavy (non-hydrogen) atoms. The molecule has 1 unspecified atom stereocenters. The Bertz CT molecular complexity index is 549. The van der Waals surface area contributed by atoms with E-state index in [2.05, 4.69) is 12.2 Å². The van der Waals surface area contributed by atoms with E-state index >= 15 is 0 Å². The van der Waals surface area contributed by atoms with Crippen LogP contribution in [0.3, 0.4) is 0 Å². The lowest BCUT2D eigenvalue weighted by atomic mass is 10.0. The first-order valence-electron chi connectivity index (χ1n) is 7.45. The summed E-state index contributed by atoms with van der Waals surface area (Å²) in [6, 6.07) is 7.70. The number of nitrogens with one attached hydrogen (secondary N) is 1. The summed E-state index contributed by atoms with van der Waals surface area (Å²) in [6.07, 6.45) is 1.67. The van der Waals surface area contributed by atoms with E-state index in [0.29, 0.717) is 19.1 Å². The zero-order valence-electron chi connectivity index (χ0n) is 12.6. The predicted molar refractivity (Wildman–Crippen MR) is 83.7 cm³/mol. The fraction of sp³-hybridized carbons (Fsp3) is 0.600. The van der Waals surface area contributed by atoms with Crippen molar-refractivity contribution >= 4 is 10.0 Å². The Labute approximate surface area is 127 Å². The van der Waals surface area contributed by atoms with Gasteiger partial charge in [0.15, 0.2) is 0 Å². The Balaban J connectivity index is 1.87. The highest BCUT2D eigenvalue weighted by Gasteiger charge is 2.27. The fourth-order valence-electron chi connectivity index (χ4n) is 2.70. The molecule has 1 aromatic rings. The normalized spacial score (nSPS) is 19.5. The molecule has 1 saturated heterocycles. The standard InChI is InChI=1S/C15H24N2O3S/c1-3-21(19,20)17-10-8-14(9-11-17)16-12(2)13-4-6-15(18)7-5-13/h4-7,12,14,16,18H,3,8-11H2,1-2H3. The number of piperidine rings is 1. The molecule has 1 heterocycles. The number of rotatable bonds is 5. The van der Waals surface area contributed by atoms with E-state index in [4.69, 9.17) is 0 Å². The molecule has 0 aliphatic carbocycles. The van der Waals surface area contributed by atoms with Crippen molar-refractivity contribution in [2.24, 2.45) is 0 Å². The number of aromatic hydroxyl groups is 1. The van der Waals surface area contributed by atoms with Gasteiger partial charge in [-0.05, 0) is 44.4 Å². The molecule has 5 nitrogen and oxygen atoms in total. The number of benzene rings is 1. The summed E-state index contributed by atoms with van der Waals surface area (Å²) in [4.78, 5) is 0. The molecule has 118 valence electrons. The SMILES string of the molecule is CCS(=O)(=O)N1CCC(NC(C)c2ccc(O)cc2)CC1. The number of nitrogens with zero attached hydrogens (tertiary/aromatic N) is 1. The van der Waals surface area contributed by atoms with Crippen LogP contribution in [0.25, 0.3) is 0 Å². The van der Waals surface area contributed by atoms with Crippen LogP contribution >= 0.6 is 0 Å². The van der Waals surface area contributed by atoms with E-state index < -0.39 is 10.0 Å². The van der Waals surface area contributed by atoms with Crippen molar-refractivity contribution in [3.05, 3.63) is 29.8 Å². The second-order valence-corrected chi connectivity index (χ2v) is 7.81. The highest BCUT2D eigenvalue weighted by Crippen LogP contribution is 2.20. The van der Waals surface area contributed by atoms with E-state index in [9.17, 15) is 13.5 Å². The zero-order chi connectivity index (χ0) is 15.5. The maximum absolute atomic E-state index is 11.8. The van der Waals surface area contributed by atoms with Crippen LogP contribution in [0.1, 0.15) is 38.3 Å². The number of hydrogen-bond donors (Lipinski definition) is 2. The molecule has 0 spiro atoms. The Kier molecular flexibility index (Phi) is 5.24. The van der Waals surface area contributed by atoms with E-state index in [1.807, 2.05) is 12.1 Å². The largest absolute Gasteiger partial charge is 0.508 e. The van der Waals surface area contributed by atoms with Gasteiger partial charge in [-0.25, -0.2) is 12.7 Å². The van der Waals surface area contributed by atoms with Gasteiger partial charge in [-0.2, -0.15) is 0 Å². The molecule has 2 rings (SSSR count). The van der Waals surface area contributed by atoms with Crippen LogP contribution in [0.15, 0.2) is 24.3 Å². The molecule has 0 aromatic heterocycles. The van der Waals surface area contributed by atoms with Gasteiger partial charge in [-0.3, -0.25) is 0 Å². The third-order valence-corrected chi connectivity index (χ3v) is 5.97. The lowest BCUT2D eigenvalue weighted by Gasteiger charge is -2.33. The van der Waals surface area contributed by atoms with Gasteiger partial charge < -0.3 is 10.4 Å². The monoisotopic (exact) mass is 312 g/mol. The quantitative estimate of drug-likeness (QED) is 0.870. The van der Waals surface area contributed by atoms with Gasteiger partial charge in [-0.1, -0.05) is 12.1 Å². The average molecular weight is 312 g/mol. The van der Waals surface area contributed by atoms with Crippen LogP contribution in [0, 0.1) is 0 Å². The maximum atomic E-state index is 11.8. The molecule has 6 heteroatoms. The van der Waals surface area contributed by atoms with Crippen LogP contribution in [0.2, 0.25) is 0 Å². The molecule has 0 amide bonds. The first-order valence-corrected chi connectivity index (χ1v) is 9.06. The number of phenols is 1. The van der Waals surface area contributed by atoms with E-state index in [0.717, 1.165) is 18.4 Å². The van der Waals surface area contributed by atoms with Crippen molar-refractivity contribution in [1.29, 1.82) is 0 Å². The maximum Gasteiger partial charge on any atom is 0.213 e. The predicted octanol–water partition coefficient (Wildman–Crippen LogP) is 1.86. The first kappa shape index (κ1) is 16.3. The summed E-state index contributed by atoms with van der Waals surface area (Å²) >= 11 is 0. The highest BCUT2D eigenvalue weighted by atomic mass is 32.2. The third kappa shape index (κ3) is 4.18. The lowest BCUT2D eigenvalue weighted by Crippen LogP contribution is -2.45. The second-order valence-electron chi connectivity index (χ2n) is 5.55. The Morgan fingerprint density at radius 3 is 2.38 bits per heavy atom. The van der Waals surface area contributed by atoms with E-state index in [1.54, 1.807) is 23.4 Å². The van der Waals surface area contributed by atoms with Gasteiger partial charge in [0.1, 0.15) is 5.75 Å². The van der Waals surface area contributed by atoms with Crippen molar-refractivity contribution in [2.45, 2.75) is 38.8 Å². The van der Waals surface area contributed by atoms with Gasteiger partial charge in [0.25, 0.3) is 0 Å². The lowest BCUT2D eigenvalue weighted by molar-refractivity contribution is 0.277. The van der Waals surface area contributed by atoms with Gasteiger partial charge in [0, 0.05) is 25.2 Å². The smallest absolute Gasteiger partial charge is 0.213 e. The molecule has 1 fully saturated rings. The minimum absolute atomic E-state index is 0.176. The van der Waals surface area contributed by atoms with Gasteiger partial charge in [0.2, 0.25) is 10.0 Å². The molecular weight excluding hydrogens is 288 g/mol. The van der Waals surface area contributed by atoms with Crippen molar-refractivity contribution in [3.8, 4) is 5.75 Å². The van der Waals surface area contributed by atoms with Crippen molar-refractivity contribution in [2.75, 3.05) is 18.8 Å². The highest BCUT2D eigenvalue weighted by molar-refractivity contribution is 7.89. The van der Waals surface area contributed by atoms with Crippen LogP contribution in [0.4, 0.5) is 0 Å². The summed E-state index contributed by atoms with van der Waals surface area (Å²) in [5, 5.41) is 12.8. The summed E-state index contributed by atoms with van der Waals surface area (Å²) < 4.78 is 25.2. The summed E-state index contributed by atoms with van der Waals surface area (Å²) in [7, 11) is -3.05. The van der Waals surface area contributed by atoms with Gasteiger partial charge in [0.05, 0.1) is 5.75 Å². The molecule has 0 saturated carbocycles. The van der Waals surface area contributed by atoms with Crippen LogP contribution in [-0.4, -0.2) is 42.7 Å². The first-order chi connectivity index (χ1) is 9.92. The number of phenolic OH excluding ortho intramolecular Hbond substituents is 1. The molecule has 1 aromatic carbocycles. The molecule has 1 aliphatic heterocycles. The van der Waals surface area contributed by atoms with Crippen LogP contribution < -0.4 is 5.32 Å². The average Bonchev–Trinajstić information content (AvgIpc) is 2.48. The van der Waals surface area contributed by atoms with Crippen molar-refractivity contribution < 1.29 is 13.5 Å². The Morgan fingerprint density at radius 2 is 1.86 bits per heavy atom. The van der Waals surface area contributed by atoms with Crippen LogP contribution in [-0.2, 0) is 10.0 Å². The van der Waals surface area contributed by atoms with Crippen molar-refractivity contribution in [1.82, 2.24) is 9.62 Å². The molecule has 1 aliphatic rings. The topological polar surface area (TPSA) is 69.6 Å². The minimum Gasteiger partial charge on any atom is -0.508 e. The molecular formula is C15H24N2O3S.